The van der Waals surface area contributed by atoms with E-state index >= 15 is 0 Å². The minimum atomic E-state index is -0.285. The number of aryl methyl sites for hydroxylation is 1. The maximum atomic E-state index is 12.5. The first-order valence-corrected chi connectivity index (χ1v) is 11.1. The largest absolute Gasteiger partial charge is 0.490 e. The molecular formula is C26H31NO5. The third-order valence-corrected chi connectivity index (χ3v) is 4.79. The van der Waals surface area contributed by atoms with Crippen LogP contribution in [0.3, 0.4) is 0 Å². The van der Waals surface area contributed by atoms with Crippen molar-refractivity contribution in [1.82, 2.24) is 5.32 Å². The molecule has 2 aromatic carbocycles. The van der Waals surface area contributed by atoms with Gasteiger partial charge in [0.15, 0.2) is 17.3 Å². The van der Waals surface area contributed by atoms with Crippen LogP contribution < -0.4 is 19.5 Å². The van der Waals surface area contributed by atoms with Crippen LogP contribution in [-0.4, -0.2) is 19.1 Å². The van der Waals surface area contributed by atoms with Gasteiger partial charge in [0.1, 0.15) is 18.1 Å². The zero-order valence-electron chi connectivity index (χ0n) is 19.0. The molecular weight excluding hydrogens is 406 g/mol. The van der Waals surface area contributed by atoms with Crippen molar-refractivity contribution in [3.05, 3.63) is 77.2 Å². The number of hydrogen-bond acceptors (Lipinski definition) is 5. The summed E-state index contributed by atoms with van der Waals surface area (Å²) in [6.07, 6.45) is 2.17. The number of nitrogens with one attached hydrogen (secondary N) is 1. The molecule has 0 bridgehead atoms. The van der Waals surface area contributed by atoms with Gasteiger partial charge in [-0.05, 0) is 67.8 Å². The van der Waals surface area contributed by atoms with Crippen LogP contribution in [0.15, 0.2) is 59.0 Å². The topological polar surface area (TPSA) is 69.9 Å². The van der Waals surface area contributed by atoms with E-state index in [4.69, 9.17) is 18.6 Å². The van der Waals surface area contributed by atoms with E-state index in [0.717, 1.165) is 24.2 Å². The Bertz CT molecular complexity index is 994. The van der Waals surface area contributed by atoms with Gasteiger partial charge in [0, 0.05) is 6.54 Å². The van der Waals surface area contributed by atoms with Gasteiger partial charge in [-0.25, -0.2) is 0 Å². The van der Waals surface area contributed by atoms with E-state index in [1.807, 2.05) is 44.2 Å². The number of ether oxygens (including phenoxy) is 3. The molecule has 3 aromatic rings. The van der Waals surface area contributed by atoms with Crippen molar-refractivity contribution >= 4 is 5.91 Å². The molecule has 0 aliphatic rings. The molecule has 1 N–H and O–H groups in total. The van der Waals surface area contributed by atoms with E-state index in [0.29, 0.717) is 37.0 Å². The molecule has 0 atom stereocenters. The van der Waals surface area contributed by atoms with Crippen LogP contribution in [0.2, 0.25) is 0 Å². The third kappa shape index (κ3) is 6.54. The van der Waals surface area contributed by atoms with E-state index in [1.54, 1.807) is 12.1 Å². The van der Waals surface area contributed by atoms with Crippen molar-refractivity contribution in [3.8, 4) is 17.2 Å². The van der Waals surface area contributed by atoms with Crippen LogP contribution in [0.5, 0.6) is 17.2 Å². The van der Waals surface area contributed by atoms with E-state index in [9.17, 15) is 4.79 Å². The van der Waals surface area contributed by atoms with E-state index in [2.05, 4.69) is 24.4 Å². The number of carbonyl (C=O) groups excluding carboxylic acids is 1. The van der Waals surface area contributed by atoms with Crippen LogP contribution in [0.4, 0.5) is 0 Å². The quantitative estimate of drug-likeness (QED) is 0.403. The summed E-state index contributed by atoms with van der Waals surface area (Å²) in [5.74, 6) is 2.69. The first-order valence-electron chi connectivity index (χ1n) is 11.1. The fraction of sp³-hybridized carbons (Fsp3) is 0.346. The van der Waals surface area contributed by atoms with Gasteiger partial charge in [0.2, 0.25) is 0 Å². The average molecular weight is 438 g/mol. The average Bonchev–Trinajstić information content (AvgIpc) is 3.28. The maximum absolute atomic E-state index is 12.5. The first-order chi connectivity index (χ1) is 15.6. The summed E-state index contributed by atoms with van der Waals surface area (Å²) in [6.45, 7) is 7.71. The van der Waals surface area contributed by atoms with E-state index in [1.165, 1.54) is 5.56 Å². The molecule has 0 spiro atoms. The van der Waals surface area contributed by atoms with Crippen LogP contribution in [0.1, 0.15) is 54.6 Å². The summed E-state index contributed by atoms with van der Waals surface area (Å²) in [6, 6.07) is 17.1. The fourth-order valence-electron chi connectivity index (χ4n) is 3.25. The van der Waals surface area contributed by atoms with Crippen LogP contribution in [0.25, 0.3) is 0 Å². The normalized spacial score (nSPS) is 10.6. The highest BCUT2D eigenvalue weighted by Crippen LogP contribution is 2.28. The molecule has 0 aliphatic carbocycles. The van der Waals surface area contributed by atoms with Crippen LogP contribution >= 0.6 is 0 Å². The standard InChI is InChI=1S/C26H31NO5/c1-4-7-19-8-11-21(12-9-19)31-18-22-13-15-24(32-22)26(28)27-17-20-10-14-23(29-5-2)25(16-20)30-6-3/h8-16H,4-7,17-18H2,1-3H3,(H,27,28). The van der Waals surface area contributed by atoms with Crippen molar-refractivity contribution in [1.29, 1.82) is 0 Å². The van der Waals surface area contributed by atoms with E-state index in [-0.39, 0.29) is 18.3 Å². The van der Waals surface area contributed by atoms with Gasteiger partial charge in [0.25, 0.3) is 5.91 Å². The summed E-state index contributed by atoms with van der Waals surface area (Å²) < 4.78 is 22.6. The Labute approximate surface area is 189 Å². The number of hydrogen-bond donors (Lipinski definition) is 1. The minimum Gasteiger partial charge on any atom is -0.490 e. The molecule has 0 unspecified atom stereocenters. The molecule has 0 saturated heterocycles. The zero-order chi connectivity index (χ0) is 22.8. The van der Waals surface area contributed by atoms with Gasteiger partial charge >= 0.3 is 0 Å². The SMILES string of the molecule is CCCc1ccc(OCc2ccc(C(=O)NCc3ccc(OCC)c(OCC)c3)o2)cc1. The second-order valence-corrected chi connectivity index (χ2v) is 7.28. The Morgan fingerprint density at radius 1 is 0.844 bits per heavy atom. The molecule has 32 heavy (non-hydrogen) atoms. The molecule has 6 heteroatoms. The predicted octanol–water partition coefficient (Wildman–Crippen LogP) is 5.54. The lowest BCUT2D eigenvalue weighted by molar-refractivity contribution is 0.0919. The lowest BCUT2D eigenvalue weighted by Crippen LogP contribution is -2.22. The van der Waals surface area contributed by atoms with Gasteiger partial charge in [-0.15, -0.1) is 0 Å². The summed E-state index contributed by atoms with van der Waals surface area (Å²) in [7, 11) is 0. The lowest BCUT2D eigenvalue weighted by atomic mass is 10.1. The number of rotatable bonds is 12. The number of carbonyl (C=O) groups is 1. The molecule has 0 fully saturated rings. The Morgan fingerprint density at radius 3 is 2.28 bits per heavy atom. The monoisotopic (exact) mass is 437 g/mol. The molecule has 1 amide bonds. The highest BCUT2D eigenvalue weighted by molar-refractivity contribution is 5.91. The highest BCUT2D eigenvalue weighted by Gasteiger charge is 2.13. The summed E-state index contributed by atoms with van der Waals surface area (Å²) in [5, 5.41) is 2.87. The van der Waals surface area contributed by atoms with Gasteiger partial charge in [-0.1, -0.05) is 31.5 Å². The van der Waals surface area contributed by atoms with Gasteiger partial charge in [0.05, 0.1) is 13.2 Å². The van der Waals surface area contributed by atoms with Crippen LogP contribution in [0, 0.1) is 0 Å². The fourth-order valence-corrected chi connectivity index (χ4v) is 3.25. The summed E-state index contributed by atoms with van der Waals surface area (Å²) in [4.78, 5) is 12.5. The number of furan rings is 1. The van der Waals surface area contributed by atoms with Crippen molar-refractivity contribution in [3.63, 3.8) is 0 Å². The molecule has 1 aromatic heterocycles. The number of benzene rings is 2. The highest BCUT2D eigenvalue weighted by atomic mass is 16.5. The van der Waals surface area contributed by atoms with Gasteiger partial charge in [-0.3, -0.25) is 4.79 Å². The molecule has 0 saturated carbocycles. The van der Waals surface area contributed by atoms with Crippen molar-refractivity contribution < 1.29 is 23.4 Å². The predicted molar refractivity (Wildman–Crippen MR) is 123 cm³/mol. The Hall–Kier alpha value is -3.41. The molecule has 0 radical (unpaired) electrons. The Morgan fingerprint density at radius 2 is 1.56 bits per heavy atom. The van der Waals surface area contributed by atoms with Crippen molar-refractivity contribution in [2.24, 2.45) is 0 Å². The molecule has 3 rings (SSSR count). The smallest absolute Gasteiger partial charge is 0.287 e. The van der Waals surface area contributed by atoms with Gasteiger partial charge < -0.3 is 23.9 Å². The van der Waals surface area contributed by atoms with Crippen LogP contribution in [-0.2, 0) is 19.6 Å². The Balaban J connectivity index is 1.52. The Kier molecular flexibility index (Phi) is 8.61. The second kappa shape index (κ2) is 11.8. The first kappa shape index (κ1) is 23.3. The minimum absolute atomic E-state index is 0.248. The molecule has 6 nitrogen and oxygen atoms in total. The summed E-state index contributed by atoms with van der Waals surface area (Å²) >= 11 is 0. The zero-order valence-corrected chi connectivity index (χ0v) is 19.0. The lowest BCUT2D eigenvalue weighted by Gasteiger charge is -2.12. The molecule has 170 valence electrons. The summed E-state index contributed by atoms with van der Waals surface area (Å²) in [5.41, 5.74) is 2.20. The van der Waals surface area contributed by atoms with Gasteiger partial charge in [-0.2, -0.15) is 0 Å². The maximum Gasteiger partial charge on any atom is 0.287 e. The van der Waals surface area contributed by atoms with E-state index < -0.39 is 0 Å². The number of amides is 1. The van der Waals surface area contributed by atoms with Crippen molar-refractivity contribution in [2.45, 2.75) is 46.8 Å². The van der Waals surface area contributed by atoms with Crippen molar-refractivity contribution in [2.75, 3.05) is 13.2 Å². The molecule has 0 aliphatic heterocycles. The second-order valence-electron chi connectivity index (χ2n) is 7.28. The third-order valence-electron chi connectivity index (χ3n) is 4.79. The molecule has 1 heterocycles.